The Morgan fingerprint density at radius 1 is 1.23 bits per heavy atom. The minimum atomic E-state index is -0.411. The summed E-state index contributed by atoms with van der Waals surface area (Å²) in [5.41, 5.74) is 5.56. The Hall–Kier alpha value is -2.63. The molecule has 2 aromatic rings. The molecule has 0 saturated carbocycles. The fourth-order valence-corrected chi connectivity index (χ4v) is 2.59. The van der Waals surface area contributed by atoms with Crippen molar-refractivity contribution in [2.24, 2.45) is 11.7 Å². The fourth-order valence-electron chi connectivity index (χ4n) is 2.59. The number of nitrogens with zero attached hydrogens (tertiary/aromatic N) is 1. The van der Waals surface area contributed by atoms with E-state index in [1.807, 2.05) is 0 Å². The van der Waals surface area contributed by atoms with E-state index in [1.165, 1.54) is 17.0 Å². The molecular formula is C16H15FN2O3. The zero-order valence-corrected chi connectivity index (χ0v) is 11.8. The van der Waals surface area contributed by atoms with Crippen molar-refractivity contribution >= 4 is 11.8 Å². The summed E-state index contributed by atoms with van der Waals surface area (Å²) in [6.07, 6.45) is 0.557. The van der Waals surface area contributed by atoms with Gasteiger partial charge in [0.05, 0.1) is 11.5 Å². The Labute approximate surface area is 126 Å². The van der Waals surface area contributed by atoms with Crippen molar-refractivity contribution in [1.82, 2.24) is 4.90 Å². The second-order valence-electron chi connectivity index (χ2n) is 5.28. The molecule has 2 heterocycles. The molecule has 1 saturated heterocycles. The van der Waals surface area contributed by atoms with Crippen LogP contribution < -0.4 is 5.73 Å². The van der Waals surface area contributed by atoms with Crippen molar-refractivity contribution in [3.8, 4) is 11.3 Å². The lowest BCUT2D eigenvalue weighted by Gasteiger charge is -2.13. The molecule has 22 heavy (non-hydrogen) atoms. The summed E-state index contributed by atoms with van der Waals surface area (Å²) < 4.78 is 19.2. The summed E-state index contributed by atoms with van der Waals surface area (Å²) in [5.74, 6) is -1.01. The highest BCUT2D eigenvalue weighted by Crippen LogP contribution is 2.26. The molecule has 0 spiro atoms. The maximum Gasteiger partial charge on any atom is 0.289 e. The summed E-state index contributed by atoms with van der Waals surface area (Å²) in [7, 11) is 0. The molecule has 0 radical (unpaired) electrons. The van der Waals surface area contributed by atoms with Gasteiger partial charge in [0, 0.05) is 13.1 Å². The highest BCUT2D eigenvalue weighted by molar-refractivity contribution is 5.93. The van der Waals surface area contributed by atoms with Crippen molar-refractivity contribution < 1.29 is 18.4 Å². The normalized spacial score (nSPS) is 17.7. The Kier molecular flexibility index (Phi) is 3.66. The molecule has 0 bridgehead atoms. The molecule has 1 aliphatic rings. The van der Waals surface area contributed by atoms with Crippen LogP contribution >= 0.6 is 0 Å². The highest BCUT2D eigenvalue weighted by atomic mass is 19.1. The van der Waals surface area contributed by atoms with Gasteiger partial charge in [0.15, 0.2) is 5.76 Å². The molecule has 1 aliphatic heterocycles. The molecule has 114 valence electrons. The quantitative estimate of drug-likeness (QED) is 0.942. The van der Waals surface area contributed by atoms with Crippen LogP contribution in [0.4, 0.5) is 4.39 Å². The van der Waals surface area contributed by atoms with Crippen molar-refractivity contribution in [3.05, 3.63) is 48.0 Å². The second-order valence-corrected chi connectivity index (χ2v) is 5.28. The maximum absolute atomic E-state index is 13.7. The SMILES string of the molecule is NC(=O)C1CCN(C(=O)c2ccc(-c3ccccc3F)o2)C1. The largest absolute Gasteiger partial charge is 0.451 e. The number of carbonyl (C=O) groups is 2. The highest BCUT2D eigenvalue weighted by Gasteiger charge is 2.31. The summed E-state index contributed by atoms with van der Waals surface area (Å²) in [6.45, 7) is 0.756. The number of rotatable bonds is 3. The number of halogens is 1. The lowest BCUT2D eigenvalue weighted by atomic mass is 10.1. The van der Waals surface area contributed by atoms with E-state index >= 15 is 0 Å². The molecule has 2 amide bonds. The molecule has 1 unspecified atom stereocenters. The third-order valence-electron chi connectivity index (χ3n) is 3.83. The number of benzene rings is 1. The lowest BCUT2D eigenvalue weighted by Crippen LogP contribution is -2.31. The predicted molar refractivity (Wildman–Crippen MR) is 77.3 cm³/mol. The molecule has 5 nitrogen and oxygen atoms in total. The van der Waals surface area contributed by atoms with Crippen molar-refractivity contribution in [2.75, 3.05) is 13.1 Å². The molecule has 2 N–H and O–H groups in total. The molecule has 0 aliphatic carbocycles. The van der Waals surface area contributed by atoms with Crippen LogP contribution in [0.2, 0.25) is 0 Å². The number of amides is 2. The zero-order chi connectivity index (χ0) is 15.7. The topological polar surface area (TPSA) is 76.5 Å². The van der Waals surface area contributed by atoms with Gasteiger partial charge >= 0.3 is 0 Å². The molecular weight excluding hydrogens is 287 g/mol. The van der Waals surface area contributed by atoms with Crippen molar-refractivity contribution in [3.63, 3.8) is 0 Å². The molecule has 3 rings (SSSR count). The van der Waals surface area contributed by atoms with Gasteiger partial charge in [0.1, 0.15) is 11.6 Å². The first kappa shape index (κ1) is 14.3. The van der Waals surface area contributed by atoms with E-state index < -0.39 is 11.7 Å². The van der Waals surface area contributed by atoms with Gasteiger partial charge in [-0.3, -0.25) is 9.59 Å². The molecule has 1 aromatic carbocycles. The first-order valence-corrected chi connectivity index (χ1v) is 6.99. The summed E-state index contributed by atoms with van der Waals surface area (Å²) in [6, 6.07) is 9.27. The molecule has 1 fully saturated rings. The van der Waals surface area contributed by atoms with Gasteiger partial charge in [-0.1, -0.05) is 12.1 Å². The van der Waals surface area contributed by atoms with Crippen LogP contribution in [0.15, 0.2) is 40.8 Å². The average Bonchev–Trinajstić information content (AvgIpc) is 3.17. The average molecular weight is 302 g/mol. The van der Waals surface area contributed by atoms with E-state index in [4.69, 9.17) is 10.2 Å². The first-order valence-electron chi connectivity index (χ1n) is 6.99. The van der Waals surface area contributed by atoms with Crippen LogP contribution in [0, 0.1) is 11.7 Å². The number of carbonyl (C=O) groups excluding carboxylic acids is 2. The Balaban J connectivity index is 1.78. The first-order chi connectivity index (χ1) is 10.6. The summed E-state index contributed by atoms with van der Waals surface area (Å²) in [5, 5.41) is 0. The van der Waals surface area contributed by atoms with Crippen LogP contribution in [-0.2, 0) is 4.79 Å². The zero-order valence-electron chi connectivity index (χ0n) is 11.8. The minimum Gasteiger partial charge on any atom is -0.451 e. The van der Waals surface area contributed by atoms with E-state index in [0.717, 1.165) is 0 Å². The van der Waals surface area contributed by atoms with E-state index in [9.17, 15) is 14.0 Å². The number of likely N-dealkylation sites (tertiary alicyclic amines) is 1. The van der Waals surface area contributed by atoms with Gasteiger partial charge in [-0.05, 0) is 30.7 Å². The van der Waals surface area contributed by atoms with E-state index in [0.29, 0.717) is 30.8 Å². The second kappa shape index (κ2) is 5.63. The standard InChI is InChI=1S/C16H15FN2O3/c17-12-4-2-1-3-11(12)13-5-6-14(22-13)16(21)19-8-7-10(9-19)15(18)20/h1-6,10H,7-9H2,(H2,18,20). The van der Waals surface area contributed by atoms with E-state index in [2.05, 4.69) is 0 Å². The molecule has 1 atom stereocenters. The fraction of sp³-hybridized carbons (Fsp3) is 0.250. The van der Waals surface area contributed by atoms with E-state index in [1.54, 1.807) is 24.3 Å². The summed E-state index contributed by atoms with van der Waals surface area (Å²) in [4.78, 5) is 25.0. The summed E-state index contributed by atoms with van der Waals surface area (Å²) >= 11 is 0. The van der Waals surface area contributed by atoms with Gasteiger partial charge in [0.25, 0.3) is 5.91 Å². The van der Waals surface area contributed by atoms with Crippen LogP contribution in [0.3, 0.4) is 0 Å². The van der Waals surface area contributed by atoms with Gasteiger partial charge in [0.2, 0.25) is 5.91 Å². The number of hydrogen-bond donors (Lipinski definition) is 1. The van der Waals surface area contributed by atoms with Gasteiger partial charge in [-0.15, -0.1) is 0 Å². The van der Waals surface area contributed by atoms with Gasteiger partial charge < -0.3 is 15.1 Å². The predicted octanol–water partition coefficient (Wildman–Crippen LogP) is 2.03. The third-order valence-corrected chi connectivity index (χ3v) is 3.83. The van der Waals surface area contributed by atoms with Crippen LogP contribution in [0.5, 0.6) is 0 Å². The Morgan fingerprint density at radius 2 is 2.00 bits per heavy atom. The Bertz CT molecular complexity index is 726. The number of furan rings is 1. The van der Waals surface area contributed by atoms with Crippen molar-refractivity contribution in [2.45, 2.75) is 6.42 Å². The lowest BCUT2D eigenvalue weighted by molar-refractivity contribution is -0.121. The van der Waals surface area contributed by atoms with Crippen LogP contribution in [0.25, 0.3) is 11.3 Å². The Morgan fingerprint density at radius 3 is 2.68 bits per heavy atom. The number of nitrogens with two attached hydrogens (primary N) is 1. The molecule has 1 aromatic heterocycles. The number of hydrogen-bond acceptors (Lipinski definition) is 3. The smallest absolute Gasteiger partial charge is 0.289 e. The van der Waals surface area contributed by atoms with Gasteiger partial charge in [-0.25, -0.2) is 4.39 Å². The van der Waals surface area contributed by atoms with Crippen LogP contribution in [-0.4, -0.2) is 29.8 Å². The molecule has 6 heteroatoms. The van der Waals surface area contributed by atoms with Crippen LogP contribution in [0.1, 0.15) is 17.0 Å². The number of primary amides is 1. The van der Waals surface area contributed by atoms with Crippen molar-refractivity contribution in [1.29, 1.82) is 0 Å². The minimum absolute atomic E-state index is 0.128. The van der Waals surface area contributed by atoms with E-state index in [-0.39, 0.29) is 17.6 Å². The third kappa shape index (κ3) is 2.59. The monoisotopic (exact) mass is 302 g/mol. The van der Waals surface area contributed by atoms with Gasteiger partial charge in [-0.2, -0.15) is 0 Å². The maximum atomic E-state index is 13.7.